The van der Waals surface area contributed by atoms with E-state index >= 15 is 0 Å². The van der Waals surface area contributed by atoms with Crippen LogP contribution in [0.5, 0.6) is 5.75 Å². The number of benzene rings is 1. The number of aromatic nitrogens is 2. The van der Waals surface area contributed by atoms with Gasteiger partial charge in [0.05, 0.1) is 19.7 Å². The van der Waals surface area contributed by atoms with Crippen LogP contribution in [-0.4, -0.2) is 29.7 Å². The van der Waals surface area contributed by atoms with E-state index in [0.717, 1.165) is 16.2 Å². The van der Waals surface area contributed by atoms with Gasteiger partial charge in [-0.25, -0.2) is 9.78 Å². The molecule has 0 saturated carbocycles. The van der Waals surface area contributed by atoms with Crippen LogP contribution >= 0.6 is 11.3 Å². The number of fused-ring (bicyclic) bond motifs is 2. The van der Waals surface area contributed by atoms with Gasteiger partial charge < -0.3 is 9.47 Å². The van der Waals surface area contributed by atoms with Gasteiger partial charge in [0.15, 0.2) is 0 Å². The Morgan fingerprint density at radius 3 is 2.72 bits per heavy atom. The number of rotatable bonds is 3. The second-order valence-electron chi connectivity index (χ2n) is 5.83. The van der Waals surface area contributed by atoms with Crippen LogP contribution in [0.3, 0.4) is 0 Å². The molecule has 1 atom stereocenters. The quantitative estimate of drug-likeness (QED) is 0.675. The maximum Gasteiger partial charge on any atom is 0.329 e. The minimum Gasteiger partial charge on any atom is -0.497 e. The topological polar surface area (TPSA) is 70.4 Å². The number of nitrogens with zero attached hydrogens (tertiary/aromatic N) is 2. The lowest BCUT2D eigenvalue weighted by Crippen LogP contribution is -2.28. The standard InChI is InChI=1S/C18H16N2O4S/c1-23-11-5-3-10(4-6-11)14-9-12-16(25-14)17(21)20-13(18(22)24-2)7-8-15(20)19-12/h3-6,9,13H,7-8H2,1-2H3. The second kappa shape index (κ2) is 6.00. The van der Waals surface area contributed by atoms with Crippen molar-refractivity contribution in [2.75, 3.05) is 14.2 Å². The fraction of sp³-hybridized carbons (Fsp3) is 0.278. The summed E-state index contributed by atoms with van der Waals surface area (Å²) in [5, 5.41) is 0. The highest BCUT2D eigenvalue weighted by molar-refractivity contribution is 7.22. The molecule has 1 aromatic carbocycles. The van der Waals surface area contributed by atoms with Crippen LogP contribution in [0.25, 0.3) is 20.7 Å². The summed E-state index contributed by atoms with van der Waals surface area (Å²) >= 11 is 1.39. The van der Waals surface area contributed by atoms with Crippen LogP contribution in [0.1, 0.15) is 18.3 Å². The molecule has 0 saturated heterocycles. The Labute approximate surface area is 147 Å². The highest BCUT2D eigenvalue weighted by Gasteiger charge is 2.32. The molecule has 6 nitrogen and oxygen atoms in total. The monoisotopic (exact) mass is 356 g/mol. The molecule has 128 valence electrons. The van der Waals surface area contributed by atoms with E-state index in [-0.39, 0.29) is 5.56 Å². The maximum atomic E-state index is 12.9. The molecule has 0 spiro atoms. The fourth-order valence-electron chi connectivity index (χ4n) is 3.19. The van der Waals surface area contributed by atoms with E-state index in [1.54, 1.807) is 7.11 Å². The van der Waals surface area contributed by atoms with Gasteiger partial charge in [-0.1, -0.05) is 0 Å². The minimum absolute atomic E-state index is 0.169. The number of carbonyl (C=O) groups is 1. The summed E-state index contributed by atoms with van der Waals surface area (Å²) in [4.78, 5) is 30.4. The van der Waals surface area contributed by atoms with Crippen LogP contribution in [0.4, 0.5) is 0 Å². The number of carbonyl (C=O) groups excluding carboxylic acids is 1. The van der Waals surface area contributed by atoms with E-state index in [9.17, 15) is 9.59 Å². The van der Waals surface area contributed by atoms with Crippen LogP contribution in [0.2, 0.25) is 0 Å². The first kappa shape index (κ1) is 15.8. The molecule has 1 aliphatic rings. The third-order valence-corrected chi connectivity index (χ3v) is 5.62. The molecule has 3 heterocycles. The van der Waals surface area contributed by atoms with Crippen molar-refractivity contribution >= 4 is 27.5 Å². The Kier molecular flexibility index (Phi) is 3.80. The van der Waals surface area contributed by atoms with Gasteiger partial charge in [-0.15, -0.1) is 11.3 Å². The van der Waals surface area contributed by atoms with Crippen LogP contribution < -0.4 is 10.3 Å². The summed E-state index contributed by atoms with van der Waals surface area (Å²) in [6.07, 6.45) is 1.15. The molecule has 1 aliphatic heterocycles. The highest BCUT2D eigenvalue weighted by Crippen LogP contribution is 2.34. The van der Waals surface area contributed by atoms with Crippen molar-refractivity contribution in [2.45, 2.75) is 18.9 Å². The Balaban J connectivity index is 1.83. The van der Waals surface area contributed by atoms with Crippen molar-refractivity contribution in [3.63, 3.8) is 0 Å². The lowest BCUT2D eigenvalue weighted by atomic mass is 10.2. The fourth-order valence-corrected chi connectivity index (χ4v) is 4.23. The molecule has 3 aromatic rings. The average molecular weight is 356 g/mol. The molecule has 0 fully saturated rings. The van der Waals surface area contributed by atoms with E-state index in [0.29, 0.717) is 28.9 Å². The minimum atomic E-state index is -0.573. The predicted molar refractivity (Wildman–Crippen MR) is 95.2 cm³/mol. The molecule has 0 N–H and O–H groups in total. The van der Waals surface area contributed by atoms with Gasteiger partial charge in [-0.05, 0) is 42.3 Å². The SMILES string of the molecule is COC(=O)C1CCc2nc3cc(-c4ccc(OC)cc4)sc3c(=O)n21. The third kappa shape index (κ3) is 2.51. The number of hydrogen-bond acceptors (Lipinski definition) is 6. The normalized spacial score (nSPS) is 16.0. The first-order valence-corrected chi connectivity index (χ1v) is 8.71. The zero-order valence-corrected chi connectivity index (χ0v) is 14.6. The Bertz CT molecular complexity index is 1020. The van der Waals surface area contributed by atoms with Gasteiger partial charge in [0.25, 0.3) is 5.56 Å². The molecule has 4 rings (SSSR count). The van der Waals surface area contributed by atoms with E-state index < -0.39 is 12.0 Å². The molecular formula is C18H16N2O4S. The van der Waals surface area contributed by atoms with Gasteiger partial charge in [-0.2, -0.15) is 0 Å². The second-order valence-corrected chi connectivity index (χ2v) is 6.89. The average Bonchev–Trinajstić information content (AvgIpc) is 3.26. The van der Waals surface area contributed by atoms with Crippen molar-refractivity contribution < 1.29 is 14.3 Å². The van der Waals surface area contributed by atoms with Gasteiger partial charge >= 0.3 is 5.97 Å². The maximum absolute atomic E-state index is 12.9. The third-order valence-electron chi connectivity index (χ3n) is 4.45. The zero-order chi connectivity index (χ0) is 17.6. The van der Waals surface area contributed by atoms with E-state index in [1.165, 1.54) is 23.0 Å². The molecule has 7 heteroatoms. The first-order chi connectivity index (χ1) is 12.1. The van der Waals surface area contributed by atoms with Crippen LogP contribution in [0.15, 0.2) is 35.1 Å². The predicted octanol–water partition coefficient (Wildman–Crippen LogP) is 2.79. The number of esters is 1. The number of hydrogen-bond donors (Lipinski definition) is 0. The molecule has 2 aromatic heterocycles. The summed E-state index contributed by atoms with van der Waals surface area (Å²) in [6, 6.07) is 9.02. The summed E-state index contributed by atoms with van der Waals surface area (Å²) in [6.45, 7) is 0. The molecule has 0 radical (unpaired) electrons. The van der Waals surface area contributed by atoms with Crippen molar-refractivity contribution in [1.82, 2.24) is 9.55 Å². The lowest BCUT2D eigenvalue weighted by Gasteiger charge is -2.11. The highest BCUT2D eigenvalue weighted by atomic mass is 32.1. The van der Waals surface area contributed by atoms with Crippen molar-refractivity contribution in [3.05, 3.63) is 46.5 Å². The molecule has 25 heavy (non-hydrogen) atoms. The Morgan fingerprint density at radius 2 is 2.04 bits per heavy atom. The first-order valence-electron chi connectivity index (χ1n) is 7.89. The van der Waals surface area contributed by atoms with E-state index in [2.05, 4.69) is 4.98 Å². The largest absolute Gasteiger partial charge is 0.497 e. The van der Waals surface area contributed by atoms with Crippen LogP contribution in [0, 0.1) is 0 Å². The van der Waals surface area contributed by atoms with Crippen molar-refractivity contribution in [2.24, 2.45) is 0 Å². The Morgan fingerprint density at radius 1 is 1.28 bits per heavy atom. The van der Waals surface area contributed by atoms with E-state index in [1.807, 2.05) is 30.3 Å². The summed E-state index contributed by atoms with van der Waals surface area (Å²) < 4.78 is 12.0. The van der Waals surface area contributed by atoms with Gasteiger partial charge in [0, 0.05) is 11.3 Å². The summed E-state index contributed by atoms with van der Waals surface area (Å²) in [5.74, 6) is 1.03. The number of ether oxygens (including phenoxy) is 2. The van der Waals surface area contributed by atoms with Gasteiger partial charge in [0.1, 0.15) is 22.3 Å². The molecule has 1 unspecified atom stereocenters. The van der Waals surface area contributed by atoms with Crippen molar-refractivity contribution in [1.29, 1.82) is 0 Å². The molecular weight excluding hydrogens is 340 g/mol. The van der Waals surface area contributed by atoms with Crippen LogP contribution in [-0.2, 0) is 16.0 Å². The Hall–Kier alpha value is -2.67. The molecule has 0 aliphatic carbocycles. The van der Waals surface area contributed by atoms with Gasteiger partial charge in [-0.3, -0.25) is 9.36 Å². The summed E-state index contributed by atoms with van der Waals surface area (Å²) in [7, 11) is 2.96. The number of aryl methyl sites for hydroxylation is 1. The van der Waals surface area contributed by atoms with Gasteiger partial charge in [0.2, 0.25) is 0 Å². The lowest BCUT2D eigenvalue weighted by molar-refractivity contribution is -0.144. The van der Waals surface area contributed by atoms with Crippen molar-refractivity contribution in [3.8, 4) is 16.2 Å². The summed E-state index contributed by atoms with van der Waals surface area (Å²) in [5.41, 5.74) is 1.51. The number of thiophene rings is 1. The van der Waals surface area contributed by atoms with E-state index in [4.69, 9.17) is 9.47 Å². The smallest absolute Gasteiger partial charge is 0.329 e. The molecule has 0 amide bonds. The molecule has 0 bridgehead atoms. The zero-order valence-electron chi connectivity index (χ0n) is 13.8. The number of methoxy groups -OCH3 is 2.